The van der Waals surface area contributed by atoms with Crippen LogP contribution >= 0.6 is 11.3 Å². The fourth-order valence-corrected chi connectivity index (χ4v) is 8.44. The van der Waals surface area contributed by atoms with Gasteiger partial charge in [0.1, 0.15) is 16.0 Å². The second kappa shape index (κ2) is 9.25. The second-order valence-corrected chi connectivity index (χ2v) is 13.3. The van der Waals surface area contributed by atoms with Gasteiger partial charge >= 0.3 is 0 Å². The molecule has 0 aliphatic heterocycles. The number of hydrogen-bond acceptors (Lipinski definition) is 4. The largest absolute Gasteiger partial charge is 0.456 e. The Labute approximate surface area is 271 Å². The first-order chi connectivity index (χ1) is 23.3. The molecule has 0 amide bonds. The molecule has 11 rings (SSSR count). The van der Waals surface area contributed by atoms with Crippen LogP contribution in [0.15, 0.2) is 144 Å². The van der Waals surface area contributed by atoms with Gasteiger partial charge in [-0.1, -0.05) is 97.1 Å². The van der Waals surface area contributed by atoms with Crippen LogP contribution in [-0.2, 0) is 0 Å². The van der Waals surface area contributed by atoms with Crippen LogP contribution in [0.1, 0.15) is 0 Å². The molecule has 0 saturated heterocycles. The van der Waals surface area contributed by atoms with E-state index in [1.807, 2.05) is 12.1 Å². The lowest BCUT2D eigenvalue weighted by Gasteiger charge is -2.12. The van der Waals surface area contributed by atoms with Gasteiger partial charge in [0.15, 0.2) is 11.6 Å². The number of benzene rings is 7. The van der Waals surface area contributed by atoms with Crippen molar-refractivity contribution < 1.29 is 4.42 Å². The average molecular weight is 618 g/mol. The van der Waals surface area contributed by atoms with Crippen LogP contribution in [0.4, 0.5) is 0 Å². The van der Waals surface area contributed by atoms with E-state index in [-0.39, 0.29) is 0 Å². The summed E-state index contributed by atoms with van der Waals surface area (Å²) in [5, 5.41) is 11.6. The third kappa shape index (κ3) is 3.57. The summed E-state index contributed by atoms with van der Waals surface area (Å²) in [6.45, 7) is 0. The van der Waals surface area contributed by atoms with Crippen molar-refractivity contribution >= 4 is 96.9 Å². The van der Waals surface area contributed by atoms with Crippen molar-refractivity contribution in [1.82, 2.24) is 14.5 Å². The lowest BCUT2D eigenvalue weighted by atomic mass is 10.0. The molecule has 4 nitrogen and oxygen atoms in total. The smallest absolute Gasteiger partial charge is 0.163 e. The van der Waals surface area contributed by atoms with Crippen LogP contribution in [0.2, 0.25) is 0 Å². The van der Waals surface area contributed by atoms with Gasteiger partial charge in [0.25, 0.3) is 0 Å². The number of furan rings is 1. The van der Waals surface area contributed by atoms with Crippen molar-refractivity contribution in [3.8, 4) is 17.2 Å². The Morgan fingerprint density at radius 1 is 0.489 bits per heavy atom. The molecule has 0 bridgehead atoms. The predicted molar refractivity (Wildman–Crippen MR) is 197 cm³/mol. The highest BCUT2D eigenvalue weighted by molar-refractivity contribution is 7.25. The third-order valence-corrected chi connectivity index (χ3v) is 10.6. The Balaban J connectivity index is 1.33. The molecule has 0 aliphatic rings. The molecule has 11 aromatic rings. The van der Waals surface area contributed by atoms with E-state index in [0.29, 0.717) is 5.82 Å². The number of fused-ring (bicyclic) bond motifs is 11. The highest BCUT2D eigenvalue weighted by Crippen LogP contribution is 2.43. The maximum Gasteiger partial charge on any atom is 0.163 e. The van der Waals surface area contributed by atoms with E-state index in [4.69, 9.17) is 14.4 Å². The minimum Gasteiger partial charge on any atom is -0.456 e. The molecule has 218 valence electrons. The van der Waals surface area contributed by atoms with Crippen molar-refractivity contribution in [2.24, 2.45) is 0 Å². The Bertz CT molecular complexity index is 3090. The van der Waals surface area contributed by atoms with E-state index in [0.717, 1.165) is 60.0 Å². The standard InChI is InChI=1S/C42H23N3OS/c1-2-10-25-19-28(18-17-24(25)9-1)40-43-41(39-30-14-6-8-16-38(30)47-42(39)44-40)45-34-21-27-12-4-3-11-26(27)20-31(34)32-22-33-29-13-5-7-15-36(29)46-37(33)23-35(32)45/h1-23H. The summed E-state index contributed by atoms with van der Waals surface area (Å²) in [7, 11) is 0. The van der Waals surface area contributed by atoms with E-state index in [9.17, 15) is 0 Å². The SMILES string of the molecule is c1ccc2cc(-c3nc(-n4c5cc6ccccc6cc5c5cc6c(cc54)oc4ccccc46)c4c(n3)sc3ccccc34)ccc2c1. The van der Waals surface area contributed by atoms with Crippen LogP contribution in [0.5, 0.6) is 0 Å². The fourth-order valence-electron chi connectivity index (χ4n) is 7.37. The minimum absolute atomic E-state index is 0.713. The first-order valence-electron chi connectivity index (χ1n) is 15.7. The van der Waals surface area contributed by atoms with Gasteiger partial charge in [0.05, 0.1) is 16.4 Å². The topological polar surface area (TPSA) is 43.9 Å². The first kappa shape index (κ1) is 25.2. The van der Waals surface area contributed by atoms with Crippen molar-refractivity contribution in [1.29, 1.82) is 0 Å². The summed E-state index contributed by atoms with van der Waals surface area (Å²) in [5.41, 5.74) is 4.91. The number of thiophene rings is 1. The van der Waals surface area contributed by atoms with Crippen molar-refractivity contribution in [2.75, 3.05) is 0 Å². The maximum absolute atomic E-state index is 6.46. The highest BCUT2D eigenvalue weighted by Gasteiger charge is 2.23. The molecule has 5 heteroatoms. The Morgan fingerprint density at radius 2 is 1.17 bits per heavy atom. The van der Waals surface area contributed by atoms with Crippen LogP contribution in [0, 0.1) is 0 Å². The number of para-hydroxylation sites is 1. The Morgan fingerprint density at radius 3 is 2.04 bits per heavy atom. The number of aromatic nitrogens is 3. The normalized spacial score (nSPS) is 12.3. The van der Waals surface area contributed by atoms with Gasteiger partial charge < -0.3 is 4.42 Å². The molecule has 0 N–H and O–H groups in total. The monoisotopic (exact) mass is 617 g/mol. The molecule has 0 unspecified atom stereocenters. The lowest BCUT2D eigenvalue weighted by Crippen LogP contribution is -2.02. The summed E-state index contributed by atoms with van der Waals surface area (Å²) in [6, 6.07) is 49.5. The van der Waals surface area contributed by atoms with Gasteiger partial charge in [-0.25, -0.2) is 9.97 Å². The summed E-state index contributed by atoms with van der Waals surface area (Å²) >= 11 is 1.72. The van der Waals surface area contributed by atoms with Crippen LogP contribution in [0.3, 0.4) is 0 Å². The van der Waals surface area contributed by atoms with Crippen LogP contribution in [0.25, 0.3) is 103 Å². The van der Waals surface area contributed by atoms with E-state index in [1.165, 1.54) is 37.0 Å². The quantitative estimate of drug-likeness (QED) is 0.194. The van der Waals surface area contributed by atoms with Crippen LogP contribution in [-0.4, -0.2) is 14.5 Å². The molecule has 0 aliphatic carbocycles. The lowest BCUT2D eigenvalue weighted by molar-refractivity contribution is 0.669. The van der Waals surface area contributed by atoms with Crippen molar-refractivity contribution in [3.63, 3.8) is 0 Å². The van der Waals surface area contributed by atoms with Gasteiger partial charge in [-0.05, 0) is 57.9 Å². The molecule has 0 spiro atoms. The molecule has 0 atom stereocenters. The molecule has 7 aromatic carbocycles. The molecular weight excluding hydrogens is 595 g/mol. The first-order valence-corrected chi connectivity index (χ1v) is 16.6. The van der Waals surface area contributed by atoms with Gasteiger partial charge in [0, 0.05) is 43.3 Å². The molecule has 4 aromatic heterocycles. The zero-order chi connectivity index (χ0) is 30.6. The van der Waals surface area contributed by atoms with Gasteiger partial charge in [0.2, 0.25) is 0 Å². The molecule has 47 heavy (non-hydrogen) atoms. The number of nitrogens with zero attached hydrogens (tertiary/aromatic N) is 3. The van der Waals surface area contributed by atoms with Gasteiger partial charge in [-0.3, -0.25) is 4.57 Å². The van der Waals surface area contributed by atoms with Gasteiger partial charge in [-0.15, -0.1) is 11.3 Å². The Kier molecular flexibility index (Phi) is 4.96. The molecule has 4 heterocycles. The summed E-state index contributed by atoms with van der Waals surface area (Å²) in [4.78, 5) is 11.7. The van der Waals surface area contributed by atoms with E-state index in [2.05, 4.69) is 132 Å². The molecular formula is C42H23N3OS. The number of hydrogen-bond donors (Lipinski definition) is 0. The highest BCUT2D eigenvalue weighted by atomic mass is 32.1. The van der Waals surface area contributed by atoms with E-state index in [1.54, 1.807) is 11.3 Å². The summed E-state index contributed by atoms with van der Waals surface area (Å²) < 4.78 is 10.00. The third-order valence-electron chi connectivity index (χ3n) is 9.57. The zero-order valence-corrected chi connectivity index (χ0v) is 25.8. The predicted octanol–water partition coefficient (Wildman–Crippen LogP) is 11.8. The molecule has 0 radical (unpaired) electrons. The Hall–Kier alpha value is -6.04. The second-order valence-electron chi connectivity index (χ2n) is 12.2. The van der Waals surface area contributed by atoms with Gasteiger partial charge in [-0.2, -0.15) is 0 Å². The number of rotatable bonds is 2. The summed E-state index contributed by atoms with van der Waals surface area (Å²) in [6.07, 6.45) is 0. The maximum atomic E-state index is 6.46. The molecule has 0 fully saturated rings. The minimum atomic E-state index is 0.713. The summed E-state index contributed by atoms with van der Waals surface area (Å²) in [5.74, 6) is 1.59. The zero-order valence-electron chi connectivity index (χ0n) is 24.9. The molecule has 0 saturated carbocycles. The van der Waals surface area contributed by atoms with E-state index >= 15 is 0 Å². The average Bonchev–Trinajstić information content (AvgIpc) is 3.78. The van der Waals surface area contributed by atoms with E-state index < -0.39 is 0 Å². The van der Waals surface area contributed by atoms with Crippen LogP contribution < -0.4 is 0 Å². The van der Waals surface area contributed by atoms with Crippen molar-refractivity contribution in [2.45, 2.75) is 0 Å². The van der Waals surface area contributed by atoms with Crippen molar-refractivity contribution in [3.05, 3.63) is 140 Å². The fraction of sp³-hybridized carbons (Fsp3) is 0.